The third-order valence-electron chi connectivity index (χ3n) is 3.12. The summed E-state index contributed by atoms with van der Waals surface area (Å²) in [4.78, 5) is 6.65. The second kappa shape index (κ2) is 6.10. The molecule has 17 heavy (non-hydrogen) atoms. The highest BCUT2D eigenvalue weighted by molar-refractivity contribution is 5.07. The Labute approximate surface area is 103 Å². The summed E-state index contributed by atoms with van der Waals surface area (Å²) in [6, 6.07) is 6.28. The number of ether oxygens (including phenoxy) is 1. The van der Waals surface area contributed by atoms with Gasteiger partial charge in [-0.25, -0.2) is 0 Å². The lowest BCUT2D eigenvalue weighted by atomic mass is 10.2. The number of hydrogen-bond acceptors (Lipinski definition) is 4. The monoisotopic (exact) mass is 235 g/mol. The first-order chi connectivity index (χ1) is 8.25. The summed E-state index contributed by atoms with van der Waals surface area (Å²) in [6.07, 6.45) is 2.12. The Kier molecular flexibility index (Phi) is 4.48. The third-order valence-corrected chi connectivity index (χ3v) is 3.12. The van der Waals surface area contributed by atoms with Crippen LogP contribution in [0, 0.1) is 0 Å². The highest BCUT2D eigenvalue weighted by atomic mass is 16.5. The van der Waals surface area contributed by atoms with E-state index in [4.69, 9.17) is 4.74 Å². The summed E-state index contributed by atoms with van der Waals surface area (Å²) in [5.74, 6) is 0. The van der Waals surface area contributed by atoms with E-state index < -0.39 is 0 Å². The molecular formula is C13H21N3O. The molecule has 1 saturated heterocycles. The van der Waals surface area contributed by atoms with Crippen molar-refractivity contribution in [3.05, 3.63) is 30.1 Å². The van der Waals surface area contributed by atoms with E-state index in [1.54, 1.807) is 0 Å². The molecule has 1 unspecified atom stereocenters. The minimum atomic E-state index is 0.270. The molecule has 4 heteroatoms. The van der Waals surface area contributed by atoms with Gasteiger partial charge in [0.15, 0.2) is 0 Å². The normalized spacial score (nSPS) is 23.5. The lowest BCUT2D eigenvalue weighted by molar-refractivity contribution is -0.0191. The van der Waals surface area contributed by atoms with Crippen LogP contribution in [0.2, 0.25) is 0 Å². The Morgan fingerprint density at radius 3 is 3.18 bits per heavy atom. The second-order valence-corrected chi connectivity index (χ2v) is 4.64. The number of hydrogen-bond donors (Lipinski definition) is 1. The quantitative estimate of drug-likeness (QED) is 0.847. The molecule has 1 N–H and O–H groups in total. The topological polar surface area (TPSA) is 37.4 Å². The lowest BCUT2D eigenvalue weighted by Gasteiger charge is -2.30. The summed E-state index contributed by atoms with van der Waals surface area (Å²) >= 11 is 0. The highest BCUT2D eigenvalue weighted by Crippen LogP contribution is 2.09. The van der Waals surface area contributed by atoms with Crippen molar-refractivity contribution in [1.29, 1.82) is 0 Å². The number of likely N-dealkylation sites (N-methyl/N-ethyl adjacent to an activating group) is 1. The van der Waals surface area contributed by atoms with Gasteiger partial charge in [-0.15, -0.1) is 0 Å². The fourth-order valence-electron chi connectivity index (χ4n) is 2.04. The predicted octanol–water partition coefficient (Wildman–Crippen LogP) is 1.06. The summed E-state index contributed by atoms with van der Waals surface area (Å²) in [5, 5.41) is 3.47. The van der Waals surface area contributed by atoms with E-state index in [0.717, 1.165) is 31.9 Å². The molecule has 0 radical (unpaired) electrons. The molecule has 2 heterocycles. The largest absolute Gasteiger partial charge is 0.374 e. The molecule has 0 amide bonds. The highest BCUT2D eigenvalue weighted by Gasteiger charge is 2.18. The van der Waals surface area contributed by atoms with E-state index >= 15 is 0 Å². The first kappa shape index (κ1) is 12.5. The fraction of sp³-hybridized carbons (Fsp3) is 0.615. The van der Waals surface area contributed by atoms with Crippen molar-refractivity contribution in [1.82, 2.24) is 15.2 Å². The van der Waals surface area contributed by atoms with Crippen LogP contribution in [0.15, 0.2) is 24.4 Å². The van der Waals surface area contributed by atoms with Crippen LogP contribution in [-0.2, 0) is 4.74 Å². The van der Waals surface area contributed by atoms with Crippen LogP contribution < -0.4 is 5.32 Å². The number of pyridine rings is 1. The van der Waals surface area contributed by atoms with Gasteiger partial charge in [0.05, 0.1) is 18.4 Å². The maximum absolute atomic E-state index is 5.71. The first-order valence-electron chi connectivity index (χ1n) is 6.20. The van der Waals surface area contributed by atoms with Crippen molar-refractivity contribution in [2.45, 2.75) is 19.1 Å². The zero-order chi connectivity index (χ0) is 12.1. The van der Waals surface area contributed by atoms with E-state index in [0.29, 0.717) is 6.10 Å². The van der Waals surface area contributed by atoms with Crippen molar-refractivity contribution < 1.29 is 4.74 Å². The van der Waals surface area contributed by atoms with Gasteiger partial charge in [0.25, 0.3) is 0 Å². The van der Waals surface area contributed by atoms with E-state index in [-0.39, 0.29) is 6.04 Å². The third kappa shape index (κ3) is 3.77. The Balaban J connectivity index is 1.78. The van der Waals surface area contributed by atoms with Gasteiger partial charge in [-0.3, -0.25) is 4.98 Å². The zero-order valence-corrected chi connectivity index (χ0v) is 10.6. The van der Waals surface area contributed by atoms with Crippen LogP contribution in [0.4, 0.5) is 0 Å². The molecule has 4 nitrogen and oxygen atoms in total. The van der Waals surface area contributed by atoms with Gasteiger partial charge in [0.2, 0.25) is 0 Å². The van der Waals surface area contributed by atoms with Crippen LogP contribution in [0.3, 0.4) is 0 Å². The Bertz CT molecular complexity index is 331. The molecule has 1 fully saturated rings. The molecule has 1 aromatic rings. The molecule has 0 saturated carbocycles. The lowest BCUT2D eigenvalue weighted by Crippen LogP contribution is -2.45. The van der Waals surface area contributed by atoms with Crippen LogP contribution in [0.1, 0.15) is 18.7 Å². The van der Waals surface area contributed by atoms with Crippen LogP contribution in [-0.4, -0.2) is 49.3 Å². The molecular weight excluding hydrogens is 214 g/mol. The average molecular weight is 235 g/mol. The van der Waals surface area contributed by atoms with Gasteiger partial charge in [-0.2, -0.15) is 0 Å². The predicted molar refractivity (Wildman–Crippen MR) is 67.9 cm³/mol. The maximum Gasteiger partial charge on any atom is 0.0826 e. The van der Waals surface area contributed by atoms with Gasteiger partial charge in [0, 0.05) is 31.9 Å². The van der Waals surface area contributed by atoms with Crippen molar-refractivity contribution >= 4 is 0 Å². The van der Waals surface area contributed by atoms with E-state index in [1.165, 1.54) is 0 Å². The molecule has 0 aromatic carbocycles. The maximum atomic E-state index is 5.71. The van der Waals surface area contributed by atoms with Crippen molar-refractivity contribution in [2.75, 3.05) is 33.3 Å². The molecule has 2 rings (SSSR count). The summed E-state index contributed by atoms with van der Waals surface area (Å²) < 4.78 is 5.71. The zero-order valence-electron chi connectivity index (χ0n) is 10.6. The molecule has 2 atom stereocenters. The average Bonchev–Trinajstić information content (AvgIpc) is 2.37. The number of nitrogens with one attached hydrogen (secondary N) is 1. The number of aromatic nitrogens is 1. The molecule has 94 valence electrons. The molecule has 0 aliphatic carbocycles. The van der Waals surface area contributed by atoms with Gasteiger partial charge in [0.1, 0.15) is 0 Å². The second-order valence-electron chi connectivity index (χ2n) is 4.64. The molecule has 1 aliphatic rings. The molecule has 1 aliphatic heterocycles. The SMILES string of the molecule is C[C@H](NCC1CN(C)CCO1)c1ccccn1. The van der Waals surface area contributed by atoms with Gasteiger partial charge in [-0.05, 0) is 26.1 Å². The Morgan fingerprint density at radius 1 is 1.59 bits per heavy atom. The first-order valence-corrected chi connectivity index (χ1v) is 6.20. The number of nitrogens with zero attached hydrogens (tertiary/aromatic N) is 2. The van der Waals surface area contributed by atoms with Crippen LogP contribution in [0.25, 0.3) is 0 Å². The standard InChI is InChI=1S/C13H21N3O/c1-11(13-5-3-4-6-14-13)15-9-12-10-16(2)7-8-17-12/h3-6,11-12,15H,7-10H2,1-2H3/t11-,12?/m0/s1. The van der Waals surface area contributed by atoms with E-state index in [2.05, 4.69) is 29.2 Å². The van der Waals surface area contributed by atoms with E-state index in [1.807, 2.05) is 24.4 Å². The molecule has 0 spiro atoms. The van der Waals surface area contributed by atoms with Gasteiger partial charge in [-0.1, -0.05) is 6.07 Å². The summed E-state index contributed by atoms with van der Waals surface area (Å²) in [7, 11) is 2.14. The van der Waals surface area contributed by atoms with Crippen molar-refractivity contribution in [2.24, 2.45) is 0 Å². The Morgan fingerprint density at radius 2 is 2.47 bits per heavy atom. The molecule has 0 bridgehead atoms. The van der Waals surface area contributed by atoms with Crippen LogP contribution >= 0.6 is 0 Å². The van der Waals surface area contributed by atoms with Gasteiger partial charge < -0.3 is 15.0 Å². The van der Waals surface area contributed by atoms with E-state index in [9.17, 15) is 0 Å². The summed E-state index contributed by atoms with van der Waals surface area (Å²) in [5.41, 5.74) is 1.08. The smallest absolute Gasteiger partial charge is 0.0826 e. The summed E-state index contributed by atoms with van der Waals surface area (Å²) in [6.45, 7) is 5.88. The Hall–Kier alpha value is -0.970. The van der Waals surface area contributed by atoms with Crippen molar-refractivity contribution in [3.8, 4) is 0 Å². The van der Waals surface area contributed by atoms with Crippen LogP contribution in [0.5, 0.6) is 0 Å². The minimum absolute atomic E-state index is 0.270. The minimum Gasteiger partial charge on any atom is -0.374 e. The van der Waals surface area contributed by atoms with Crippen molar-refractivity contribution in [3.63, 3.8) is 0 Å². The fourth-order valence-corrected chi connectivity index (χ4v) is 2.04. The number of morpholine rings is 1. The molecule has 1 aromatic heterocycles. The number of rotatable bonds is 4. The van der Waals surface area contributed by atoms with Gasteiger partial charge >= 0.3 is 0 Å².